The van der Waals surface area contributed by atoms with E-state index in [1.165, 1.54) is 6.07 Å². The topological polar surface area (TPSA) is 78.2 Å². The van der Waals surface area contributed by atoms with Gasteiger partial charge in [-0.15, -0.1) is 0 Å². The van der Waals surface area contributed by atoms with Gasteiger partial charge in [0.05, 0.1) is 4.90 Å². The zero-order chi connectivity index (χ0) is 10.9. The molecule has 1 aromatic carbocycles. The van der Waals surface area contributed by atoms with E-state index in [0.29, 0.717) is 12.1 Å². The fourth-order valence-corrected chi connectivity index (χ4v) is 1.58. The Kier molecular flexibility index (Phi) is 2.64. The molecule has 1 N–H and O–H groups in total. The monoisotopic (exact) mass is 235 g/mol. The zero-order valence-corrected chi connectivity index (χ0v) is 8.10. The molecule has 0 saturated carbocycles. The van der Waals surface area contributed by atoms with Crippen molar-refractivity contribution < 1.29 is 17.9 Å². The Morgan fingerprint density at radius 2 is 2.07 bits per heavy atom. The molecule has 0 saturated heterocycles. The Bertz CT molecular complexity index is 497. The van der Waals surface area contributed by atoms with E-state index in [4.69, 9.17) is 21.1 Å². The number of phenols is 1. The molecule has 14 heavy (non-hydrogen) atoms. The molecule has 74 valence electrons. The molecule has 4 nitrogen and oxygen atoms in total. The van der Waals surface area contributed by atoms with Crippen molar-refractivity contribution in [2.24, 2.45) is 0 Å². The first-order valence-corrected chi connectivity index (χ1v) is 5.54. The van der Waals surface area contributed by atoms with Gasteiger partial charge in [-0.2, -0.15) is 5.26 Å². The fraction of sp³-hybridized carbons (Fsp3) is 0. The molecule has 0 spiro atoms. The highest BCUT2D eigenvalue weighted by Crippen LogP contribution is 2.26. The van der Waals surface area contributed by atoms with E-state index in [2.05, 4.69) is 0 Å². The minimum Gasteiger partial charge on any atom is -0.506 e. The largest absolute Gasteiger partial charge is 0.506 e. The van der Waals surface area contributed by atoms with Crippen molar-refractivity contribution in [3.8, 4) is 11.8 Å². The third-order valence-corrected chi connectivity index (χ3v) is 2.77. The molecule has 0 fully saturated rings. The van der Waals surface area contributed by atoms with Crippen molar-refractivity contribution in [1.82, 2.24) is 0 Å². The highest BCUT2D eigenvalue weighted by molar-refractivity contribution is 8.13. The molecule has 0 heterocycles. The van der Waals surface area contributed by atoms with Crippen LogP contribution in [-0.2, 0) is 9.05 Å². The first kappa shape index (κ1) is 10.8. The summed E-state index contributed by atoms with van der Waals surface area (Å²) in [5, 5.41) is 17.4. The molecular formula is C7H3ClFNO3S. The number of benzene rings is 1. The molecule has 0 aliphatic heterocycles. The normalized spacial score (nSPS) is 10.9. The van der Waals surface area contributed by atoms with Crippen LogP contribution in [0.4, 0.5) is 4.39 Å². The van der Waals surface area contributed by atoms with Crippen LogP contribution >= 0.6 is 10.7 Å². The Morgan fingerprint density at radius 1 is 1.50 bits per heavy atom. The summed E-state index contributed by atoms with van der Waals surface area (Å²) in [5.41, 5.74) is -0.617. The van der Waals surface area contributed by atoms with Crippen molar-refractivity contribution in [2.45, 2.75) is 4.90 Å². The lowest BCUT2D eigenvalue weighted by Gasteiger charge is -2.00. The predicted octanol–water partition coefficient (Wildman–Crippen LogP) is 1.33. The summed E-state index contributed by atoms with van der Waals surface area (Å²) >= 11 is 0. The number of halogens is 2. The van der Waals surface area contributed by atoms with Gasteiger partial charge in [0.15, 0.2) is 0 Å². The molecule has 0 unspecified atom stereocenters. The molecule has 0 aromatic heterocycles. The number of aromatic hydroxyl groups is 1. The van der Waals surface area contributed by atoms with Crippen LogP contribution in [0.3, 0.4) is 0 Å². The smallest absolute Gasteiger partial charge is 0.261 e. The summed E-state index contributed by atoms with van der Waals surface area (Å²) in [6.45, 7) is 0. The summed E-state index contributed by atoms with van der Waals surface area (Å²) in [7, 11) is 0.800. The van der Waals surface area contributed by atoms with Crippen molar-refractivity contribution in [3.63, 3.8) is 0 Å². The van der Waals surface area contributed by atoms with E-state index in [1.807, 2.05) is 0 Å². The van der Waals surface area contributed by atoms with E-state index in [0.717, 1.165) is 0 Å². The minimum atomic E-state index is -4.11. The SMILES string of the molecule is N#Cc1c(O)cc(S(=O)(=O)Cl)cc1F. The van der Waals surface area contributed by atoms with Crippen molar-refractivity contribution in [3.05, 3.63) is 23.5 Å². The summed E-state index contributed by atoms with van der Waals surface area (Å²) in [6.07, 6.45) is 0. The number of hydrogen-bond acceptors (Lipinski definition) is 4. The second kappa shape index (κ2) is 3.44. The summed E-state index contributed by atoms with van der Waals surface area (Å²) in [4.78, 5) is -0.590. The molecule has 0 radical (unpaired) electrons. The second-order valence-electron chi connectivity index (χ2n) is 2.35. The fourth-order valence-electron chi connectivity index (χ4n) is 0.819. The van der Waals surface area contributed by atoms with E-state index in [-0.39, 0.29) is 0 Å². The van der Waals surface area contributed by atoms with Gasteiger partial charge in [-0.3, -0.25) is 0 Å². The van der Waals surface area contributed by atoms with Gasteiger partial charge in [0.1, 0.15) is 23.2 Å². The average molecular weight is 236 g/mol. The van der Waals surface area contributed by atoms with Crippen LogP contribution in [0.2, 0.25) is 0 Å². The number of phenolic OH excluding ortho intramolecular Hbond substituents is 1. The van der Waals surface area contributed by atoms with Crippen LogP contribution in [0.25, 0.3) is 0 Å². The molecule has 0 amide bonds. The highest BCUT2D eigenvalue weighted by atomic mass is 35.7. The quantitative estimate of drug-likeness (QED) is 0.745. The minimum absolute atomic E-state index is 0.570. The maximum Gasteiger partial charge on any atom is 0.261 e. The van der Waals surface area contributed by atoms with Crippen LogP contribution < -0.4 is 0 Å². The van der Waals surface area contributed by atoms with E-state index >= 15 is 0 Å². The van der Waals surface area contributed by atoms with Gasteiger partial charge >= 0.3 is 0 Å². The van der Waals surface area contributed by atoms with Gasteiger partial charge in [0.2, 0.25) is 0 Å². The Labute approximate surface area is 83.6 Å². The average Bonchev–Trinajstić information content (AvgIpc) is 2.01. The maximum absolute atomic E-state index is 12.9. The van der Waals surface area contributed by atoms with Crippen LogP contribution in [-0.4, -0.2) is 13.5 Å². The predicted molar refractivity (Wildman–Crippen MR) is 45.8 cm³/mol. The van der Waals surface area contributed by atoms with Crippen molar-refractivity contribution in [1.29, 1.82) is 5.26 Å². The van der Waals surface area contributed by atoms with Gasteiger partial charge in [0, 0.05) is 16.7 Å². The lowest BCUT2D eigenvalue weighted by molar-refractivity contribution is 0.463. The standard InChI is InChI=1S/C7H3ClFNO3S/c8-14(12,13)4-1-6(9)5(3-10)7(11)2-4/h1-2,11H. The highest BCUT2D eigenvalue weighted by Gasteiger charge is 2.16. The number of hydrogen-bond donors (Lipinski definition) is 1. The molecule has 7 heteroatoms. The molecule has 1 rings (SSSR count). The lowest BCUT2D eigenvalue weighted by Crippen LogP contribution is -1.94. The molecule has 1 aromatic rings. The summed E-state index contributed by atoms with van der Waals surface area (Å²) in [6, 6.07) is 2.66. The van der Waals surface area contributed by atoms with Crippen LogP contribution in [0.1, 0.15) is 5.56 Å². The maximum atomic E-state index is 12.9. The van der Waals surface area contributed by atoms with Gasteiger partial charge in [-0.1, -0.05) is 0 Å². The number of nitriles is 1. The number of rotatable bonds is 1. The van der Waals surface area contributed by atoms with Crippen LogP contribution in [0.5, 0.6) is 5.75 Å². The summed E-state index contributed by atoms with van der Waals surface area (Å²) < 4.78 is 34.4. The van der Waals surface area contributed by atoms with Crippen molar-refractivity contribution >= 4 is 19.7 Å². The first-order chi connectivity index (χ1) is 6.36. The Balaban J connectivity index is 3.53. The lowest BCUT2D eigenvalue weighted by atomic mass is 10.2. The Morgan fingerprint density at radius 3 is 2.43 bits per heavy atom. The van der Waals surface area contributed by atoms with Crippen LogP contribution in [0, 0.1) is 17.1 Å². The number of nitrogens with zero attached hydrogens (tertiary/aromatic N) is 1. The van der Waals surface area contributed by atoms with Gasteiger partial charge in [-0.25, -0.2) is 12.8 Å². The van der Waals surface area contributed by atoms with E-state index < -0.39 is 31.1 Å². The third-order valence-electron chi connectivity index (χ3n) is 1.44. The van der Waals surface area contributed by atoms with Gasteiger partial charge in [0.25, 0.3) is 9.05 Å². The van der Waals surface area contributed by atoms with Crippen molar-refractivity contribution in [2.75, 3.05) is 0 Å². The zero-order valence-electron chi connectivity index (χ0n) is 6.53. The molecule has 0 bridgehead atoms. The first-order valence-electron chi connectivity index (χ1n) is 3.23. The van der Waals surface area contributed by atoms with E-state index in [9.17, 15) is 12.8 Å². The molecular weight excluding hydrogens is 233 g/mol. The molecule has 0 aliphatic carbocycles. The van der Waals surface area contributed by atoms with Crippen LogP contribution in [0.15, 0.2) is 17.0 Å². The van der Waals surface area contributed by atoms with E-state index in [1.54, 1.807) is 0 Å². The van der Waals surface area contributed by atoms with Gasteiger partial charge < -0.3 is 5.11 Å². The molecule has 0 atom stereocenters. The third kappa shape index (κ3) is 1.95. The van der Waals surface area contributed by atoms with Gasteiger partial charge in [-0.05, 0) is 6.07 Å². The second-order valence-corrected chi connectivity index (χ2v) is 4.91. The molecule has 0 aliphatic rings. The Hall–Kier alpha value is -1.32. The summed E-state index contributed by atoms with van der Waals surface area (Å²) in [5.74, 6) is -1.89.